The van der Waals surface area contributed by atoms with Gasteiger partial charge in [0.2, 0.25) is 11.8 Å². The number of aromatic hydroxyl groups is 1. The van der Waals surface area contributed by atoms with E-state index in [2.05, 4.69) is 4.90 Å². The molecule has 3 heterocycles. The number of carbonyl (C=O) groups excluding carboxylic acids is 2. The van der Waals surface area contributed by atoms with Gasteiger partial charge in [0.15, 0.2) is 11.5 Å². The van der Waals surface area contributed by atoms with E-state index < -0.39 is 0 Å². The Morgan fingerprint density at radius 3 is 2.32 bits per heavy atom. The van der Waals surface area contributed by atoms with Crippen LogP contribution in [0.2, 0.25) is 0 Å². The average molecular weight is 423 g/mol. The molecule has 2 fully saturated rings. The van der Waals surface area contributed by atoms with Gasteiger partial charge in [-0.25, -0.2) is 0 Å². The first kappa shape index (κ1) is 19.5. The number of phenols is 1. The number of fused-ring (bicyclic) bond motifs is 1. The zero-order chi connectivity index (χ0) is 21.4. The molecule has 2 amide bonds. The summed E-state index contributed by atoms with van der Waals surface area (Å²) >= 11 is 0. The molecular weight excluding hydrogens is 398 g/mol. The molecule has 3 aliphatic heterocycles. The Labute approximate surface area is 180 Å². The van der Waals surface area contributed by atoms with Gasteiger partial charge in [-0.3, -0.25) is 9.59 Å². The molecule has 5 rings (SSSR count). The number of anilines is 2. The third-order valence-electron chi connectivity index (χ3n) is 6.12. The Kier molecular flexibility index (Phi) is 5.05. The highest BCUT2D eigenvalue weighted by Crippen LogP contribution is 2.36. The molecule has 0 radical (unpaired) electrons. The minimum Gasteiger partial charge on any atom is -0.508 e. The second-order valence-electron chi connectivity index (χ2n) is 8.06. The van der Waals surface area contributed by atoms with Gasteiger partial charge in [0.1, 0.15) is 19.0 Å². The van der Waals surface area contributed by atoms with E-state index in [0.717, 1.165) is 24.5 Å². The number of carbonyl (C=O) groups is 2. The summed E-state index contributed by atoms with van der Waals surface area (Å²) in [7, 11) is 0. The summed E-state index contributed by atoms with van der Waals surface area (Å²) in [6, 6.07) is 12.6. The Morgan fingerprint density at radius 2 is 1.58 bits per heavy atom. The summed E-state index contributed by atoms with van der Waals surface area (Å²) in [5.41, 5.74) is 1.77. The highest BCUT2D eigenvalue weighted by Gasteiger charge is 2.38. The number of phenolic OH excluding ortho intramolecular Hbond substituents is 1. The maximum atomic E-state index is 13.1. The summed E-state index contributed by atoms with van der Waals surface area (Å²) in [6.07, 6.45) is 0.228. The van der Waals surface area contributed by atoms with E-state index in [1.807, 2.05) is 35.2 Å². The summed E-state index contributed by atoms with van der Waals surface area (Å²) < 4.78 is 11.2. The molecule has 0 saturated carbocycles. The van der Waals surface area contributed by atoms with Gasteiger partial charge in [-0.1, -0.05) is 0 Å². The smallest absolute Gasteiger partial charge is 0.228 e. The maximum Gasteiger partial charge on any atom is 0.228 e. The predicted octanol–water partition coefficient (Wildman–Crippen LogP) is 1.87. The van der Waals surface area contributed by atoms with Crippen molar-refractivity contribution in [3.8, 4) is 17.2 Å². The largest absolute Gasteiger partial charge is 0.508 e. The van der Waals surface area contributed by atoms with Crippen LogP contribution in [0.15, 0.2) is 42.5 Å². The highest BCUT2D eigenvalue weighted by molar-refractivity contribution is 6.00. The Morgan fingerprint density at radius 1 is 0.903 bits per heavy atom. The summed E-state index contributed by atoms with van der Waals surface area (Å²) in [5.74, 6) is 1.22. The van der Waals surface area contributed by atoms with Gasteiger partial charge in [-0.05, 0) is 36.4 Å². The Hall–Kier alpha value is -3.42. The molecule has 1 atom stereocenters. The molecular formula is C23H25N3O5. The van der Waals surface area contributed by atoms with Crippen LogP contribution in [-0.2, 0) is 9.59 Å². The third kappa shape index (κ3) is 3.85. The molecule has 2 aromatic rings. The highest BCUT2D eigenvalue weighted by atomic mass is 16.6. The number of benzene rings is 2. The zero-order valence-corrected chi connectivity index (χ0v) is 17.2. The zero-order valence-electron chi connectivity index (χ0n) is 17.2. The van der Waals surface area contributed by atoms with Crippen LogP contribution in [0, 0.1) is 5.92 Å². The Bertz CT molecular complexity index is 985. The molecule has 0 unspecified atom stereocenters. The molecule has 1 N–H and O–H groups in total. The molecule has 3 aliphatic rings. The van der Waals surface area contributed by atoms with Crippen LogP contribution in [0.3, 0.4) is 0 Å². The SMILES string of the molecule is O=C([C@@H]1CC(=O)N(c2ccc3c(c2)OCCO3)C1)N1CCN(c2ccc(O)cc2)CC1. The first-order valence-electron chi connectivity index (χ1n) is 10.6. The summed E-state index contributed by atoms with van der Waals surface area (Å²) in [5, 5.41) is 9.46. The lowest BCUT2D eigenvalue weighted by molar-refractivity contribution is -0.136. The number of hydrogen-bond acceptors (Lipinski definition) is 6. The second kappa shape index (κ2) is 8.02. The van der Waals surface area contributed by atoms with Crippen molar-refractivity contribution in [3.05, 3.63) is 42.5 Å². The fraction of sp³-hybridized carbons (Fsp3) is 0.391. The summed E-state index contributed by atoms with van der Waals surface area (Å²) in [4.78, 5) is 31.5. The number of ether oxygens (including phenoxy) is 2. The maximum absolute atomic E-state index is 13.1. The van der Waals surface area contributed by atoms with E-state index >= 15 is 0 Å². The molecule has 8 nitrogen and oxygen atoms in total. The van der Waals surface area contributed by atoms with Crippen molar-refractivity contribution >= 4 is 23.2 Å². The molecule has 0 aromatic heterocycles. The van der Waals surface area contributed by atoms with Crippen LogP contribution in [-0.4, -0.2) is 67.8 Å². The van der Waals surface area contributed by atoms with E-state index in [4.69, 9.17) is 9.47 Å². The van der Waals surface area contributed by atoms with Gasteiger partial charge in [0.25, 0.3) is 0 Å². The van der Waals surface area contributed by atoms with Gasteiger partial charge < -0.3 is 29.3 Å². The van der Waals surface area contributed by atoms with Crippen LogP contribution in [0.4, 0.5) is 11.4 Å². The molecule has 0 aliphatic carbocycles. The summed E-state index contributed by atoms with van der Waals surface area (Å²) in [6.45, 7) is 4.08. The average Bonchev–Trinajstić information content (AvgIpc) is 3.20. The molecule has 162 valence electrons. The van der Waals surface area contributed by atoms with Gasteiger partial charge in [-0.2, -0.15) is 0 Å². The quantitative estimate of drug-likeness (QED) is 0.812. The van der Waals surface area contributed by atoms with Crippen LogP contribution >= 0.6 is 0 Å². The standard InChI is InChI=1S/C23H25N3O5/c27-19-4-1-17(2-5-19)24-7-9-25(10-8-24)23(29)16-13-22(28)26(15-16)18-3-6-20-21(14-18)31-12-11-30-20/h1-6,14,16,27H,7-13,15H2/t16-/m1/s1. The van der Waals surface area contributed by atoms with Crippen LogP contribution in [0.25, 0.3) is 0 Å². The van der Waals surface area contributed by atoms with Crippen molar-refractivity contribution in [2.75, 3.05) is 55.7 Å². The fourth-order valence-electron chi connectivity index (χ4n) is 4.43. The first-order valence-corrected chi connectivity index (χ1v) is 10.6. The fourth-order valence-corrected chi connectivity index (χ4v) is 4.43. The number of rotatable bonds is 3. The topological polar surface area (TPSA) is 82.6 Å². The van der Waals surface area contributed by atoms with E-state index in [0.29, 0.717) is 44.3 Å². The Balaban J connectivity index is 1.21. The number of amides is 2. The number of nitrogens with zero attached hydrogens (tertiary/aromatic N) is 3. The van der Waals surface area contributed by atoms with Crippen molar-refractivity contribution in [3.63, 3.8) is 0 Å². The molecule has 0 bridgehead atoms. The predicted molar refractivity (Wildman–Crippen MR) is 115 cm³/mol. The van der Waals surface area contributed by atoms with Gasteiger partial charge in [0.05, 0.1) is 5.92 Å². The minimum absolute atomic E-state index is 0.0405. The van der Waals surface area contributed by atoms with E-state index in [-0.39, 0.29) is 29.9 Å². The first-order chi connectivity index (χ1) is 15.1. The minimum atomic E-state index is -0.332. The lowest BCUT2D eigenvalue weighted by Gasteiger charge is -2.37. The van der Waals surface area contributed by atoms with Crippen molar-refractivity contribution < 1.29 is 24.2 Å². The molecule has 2 saturated heterocycles. The van der Waals surface area contributed by atoms with Crippen molar-refractivity contribution in [1.82, 2.24) is 4.90 Å². The van der Waals surface area contributed by atoms with E-state index in [9.17, 15) is 14.7 Å². The van der Waals surface area contributed by atoms with Gasteiger partial charge >= 0.3 is 0 Å². The second-order valence-corrected chi connectivity index (χ2v) is 8.06. The molecule has 31 heavy (non-hydrogen) atoms. The van der Waals surface area contributed by atoms with Crippen molar-refractivity contribution in [2.24, 2.45) is 5.92 Å². The number of piperazine rings is 1. The molecule has 2 aromatic carbocycles. The lowest BCUT2D eigenvalue weighted by atomic mass is 10.1. The normalized spacial score (nSPS) is 20.8. The monoisotopic (exact) mass is 423 g/mol. The number of hydrogen-bond donors (Lipinski definition) is 1. The molecule has 0 spiro atoms. The van der Waals surface area contributed by atoms with Crippen LogP contribution in [0.1, 0.15) is 6.42 Å². The van der Waals surface area contributed by atoms with Gasteiger partial charge in [0, 0.05) is 56.6 Å². The lowest BCUT2D eigenvalue weighted by Crippen LogP contribution is -2.50. The van der Waals surface area contributed by atoms with Crippen molar-refractivity contribution in [1.29, 1.82) is 0 Å². The van der Waals surface area contributed by atoms with Crippen LogP contribution in [0.5, 0.6) is 17.2 Å². The van der Waals surface area contributed by atoms with Gasteiger partial charge in [-0.15, -0.1) is 0 Å². The van der Waals surface area contributed by atoms with E-state index in [1.54, 1.807) is 17.0 Å². The van der Waals surface area contributed by atoms with E-state index in [1.165, 1.54) is 0 Å². The third-order valence-corrected chi connectivity index (χ3v) is 6.12. The van der Waals surface area contributed by atoms with Crippen molar-refractivity contribution in [2.45, 2.75) is 6.42 Å². The van der Waals surface area contributed by atoms with Crippen LogP contribution < -0.4 is 19.3 Å². The molecule has 8 heteroatoms.